The lowest BCUT2D eigenvalue weighted by molar-refractivity contribution is -0.139. The van der Waals surface area contributed by atoms with E-state index in [1.54, 1.807) is 6.07 Å². The molecule has 30 heavy (non-hydrogen) atoms. The molecule has 0 bridgehead atoms. The Morgan fingerprint density at radius 1 is 1.10 bits per heavy atom. The number of methoxy groups -OCH3 is 1. The Hall–Kier alpha value is -2.89. The van der Waals surface area contributed by atoms with Gasteiger partial charge < -0.3 is 15.0 Å². The van der Waals surface area contributed by atoms with Gasteiger partial charge in [0.25, 0.3) is 0 Å². The van der Waals surface area contributed by atoms with E-state index in [0.717, 1.165) is 36.0 Å². The third kappa shape index (κ3) is 4.32. The Morgan fingerprint density at radius 2 is 1.83 bits per heavy atom. The summed E-state index contributed by atoms with van der Waals surface area (Å²) in [5, 5.41) is 2.91. The van der Waals surface area contributed by atoms with Gasteiger partial charge in [0.2, 0.25) is 5.91 Å². The second kappa shape index (κ2) is 8.86. The number of nitrogens with one attached hydrogen (secondary N) is 1. The lowest BCUT2D eigenvalue weighted by Crippen LogP contribution is -2.50. The Labute approximate surface area is 176 Å². The Morgan fingerprint density at radius 3 is 2.50 bits per heavy atom. The van der Waals surface area contributed by atoms with Crippen LogP contribution in [0.25, 0.3) is 11.1 Å². The van der Waals surface area contributed by atoms with Crippen molar-refractivity contribution in [1.29, 1.82) is 0 Å². The van der Waals surface area contributed by atoms with Crippen LogP contribution in [0.2, 0.25) is 0 Å². The average Bonchev–Trinajstić information content (AvgIpc) is 3.09. The van der Waals surface area contributed by atoms with Gasteiger partial charge >= 0.3 is 6.09 Å². The number of nitrogens with zero attached hydrogens (tertiary/aromatic N) is 1. The number of ether oxygens (including phenoxy) is 1. The molecular weight excluding hydrogens is 383 g/mol. The summed E-state index contributed by atoms with van der Waals surface area (Å²) in [5.74, 6) is 0.0398. The summed E-state index contributed by atoms with van der Waals surface area (Å²) in [5.41, 5.74) is 2.79. The van der Waals surface area contributed by atoms with Gasteiger partial charge in [-0.25, -0.2) is 9.18 Å². The van der Waals surface area contributed by atoms with Crippen LogP contribution in [0, 0.1) is 11.7 Å². The first kappa shape index (κ1) is 20.4. The van der Waals surface area contributed by atoms with Crippen LogP contribution >= 0.6 is 0 Å². The average molecular weight is 410 g/mol. The summed E-state index contributed by atoms with van der Waals surface area (Å²) < 4.78 is 18.4. The molecule has 4 rings (SSSR count). The molecule has 0 spiro atoms. The van der Waals surface area contributed by atoms with Crippen LogP contribution in [0.5, 0.6) is 0 Å². The van der Waals surface area contributed by atoms with E-state index in [1.165, 1.54) is 19.2 Å². The van der Waals surface area contributed by atoms with Gasteiger partial charge in [-0.3, -0.25) is 4.79 Å². The maximum atomic E-state index is 13.6. The second-order valence-corrected chi connectivity index (χ2v) is 8.17. The van der Waals surface area contributed by atoms with Crippen molar-refractivity contribution in [2.45, 2.75) is 44.2 Å². The van der Waals surface area contributed by atoms with E-state index >= 15 is 0 Å². The van der Waals surface area contributed by atoms with Crippen molar-refractivity contribution in [2.24, 2.45) is 5.92 Å². The highest BCUT2D eigenvalue weighted by Crippen LogP contribution is 2.33. The predicted molar refractivity (Wildman–Crippen MR) is 112 cm³/mol. The number of likely N-dealkylation sites (tertiary alicyclic amines) is 1. The molecule has 1 saturated heterocycles. The van der Waals surface area contributed by atoms with Crippen molar-refractivity contribution in [3.05, 3.63) is 59.9 Å². The largest absolute Gasteiger partial charge is 0.453 e. The molecule has 1 heterocycles. The fraction of sp³-hybridized carbons (Fsp3) is 0.417. The summed E-state index contributed by atoms with van der Waals surface area (Å²) in [6.07, 6.45) is 3.86. The molecule has 2 aliphatic rings. The Bertz CT molecular complexity index is 928. The molecule has 0 radical (unpaired) electrons. The molecule has 0 unspecified atom stereocenters. The molecule has 6 heteroatoms. The fourth-order valence-corrected chi connectivity index (χ4v) is 4.44. The van der Waals surface area contributed by atoms with Gasteiger partial charge in [0.05, 0.1) is 19.2 Å². The zero-order chi connectivity index (χ0) is 21.1. The van der Waals surface area contributed by atoms with E-state index < -0.39 is 6.09 Å². The van der Waals surface area contributed by atoms with Crippen molar-refractivity contribution >= 4 is 12.0 Å². The van der Waals surface area contributed by atoms with Crippen LogP contribution in [0.15, 0.2) is 48.5 Å². The van der Waals surface area contributed by atoms with Gasteiger partial charge in [0, 0.05) is 12.5 Å². The first-order valence-electron chi connectivity index (χ1n) is 10.5. The van der Waals surface area contributed by atoms with Gasteiger partial charge in [-0.15, -0.1) is 0 Å². The van der Waals surface area contributed by atoms with Crippen LogP contribution in [0.3, 0.4) is 0 Å². The zero-order valence-corrected chi connectivity index (χ0v) is 17.1. The topological polar surface area (TPSA) is 58.6 Å². The first-order valence-corrected chi connectivity index (χ1v) is 10.5. The lowest BCUT2D eigenvalue weighted by atomic mass is 9.84. The van der Waals surface area contributed by atoms with E-state index in [2.05, 4.69) is 5.32 Å². The Balaban J connectivity index is 1.57. The van der Waals surface area contributed by atoms with E-state index in [1.807, 2.05) is 35.2 Å². The molecule has 158 valence electrons. The van der Waals surface area contributed by atoms with Crippen LogP contribution in [0.1, 0.15) is 31.2 Å². The molecule has 2 amide bonds. The summed E-state index contributed by atoms with van der Waals surface area (Å²) in [7, 11) is 1.35. The minimum atomic E-state index is -0.476. The first-order chi connectivity index (χ1) is 14.5. The SMILES string of the molecule is COC(=O)N[C@H]1CCN(C(=O)C2CCC2)[C@H]1Cc1cccc(-c2cccc(F)c2)c1. The molecular formula is C24H27FN2O3. The number of rotatable bonds is 5. The summed E-state index contributed by atoms with van der Waals surface area (Å²) in [4.78, 5) is 26.8. The van der Waals surface area contributed by atoms with Crippen molar-refractivity contribution in [2.75, 3.05) is 13.7 Å². The van der Waals surface area contributed by atoms with Gasteiger partial charge in [-0.1, -0.05) is 42.8 Å². The second-order valence-electron chi connectivity index (χ2n) is 8.17. The number of hydrogen-bond acceptors (Lipinski definition) is 3. The highest BCUT2D eigenvalue weighted by atomic mass is 19.1. The molecule has 2 atom stereocenters. The number of hydrogen-bond donors (Lipinski definition) is 1. The molecule has 2 aromatic carbocycles. The van der Waals surface area contributed by atoms with Gasteiger partial charge in [-0.2, -0.15) is 0 Å². The normalized spacial score (nSPS) is 21.2. The molecule has 5 nitrogen and oxygen atoms in total. The van der Waals surface area contributed by atoms with E-state index in [9.17, 15) is 14.0 Å². The zero-order valence-electron chi connectivity index (χ0n) is 17.1. The van der Waals surface area contributed by atoms with Gasteiger partial charge in [0.1, 0.15) is 5.82 Å². The predicted octanol–water partition coefficient (Wildman–Crippen LogP) is 4.16. The molecule has 2 fully saturated rings. The highest BCUT2D eigenvalue weighted by Gasteiger charge is 2.41. The molecule has 1 aliphatic carbocycles. The van der Waals surface area contributed by atoms with Crippen LogP contribution in [0.4, 0.5) is 9.18 Å². The Kier molecular flexibility index (Phi) is 6.02. The standard InChI is InChI=1S/C24H27FN2O3/c1-30-24(29)26-21-11-12-27(23(28)17-6-3-7-17)22(21)14-16-5-2-8-18(13-16)19-9-4-10-20(25)15-19/h2,4-5,8-10,13,15,17,21-22H,3,6-7,11-12,14H2,1H3,(H,26,29)/t21-,22-/m0/s1. The molecule has 1 N–H and O–H groups in total. The third-order valence-electron chi connectivity index (χ3n) is 6.30. The number of halogens is 1. The molecule has 0 aromatic heterocycles. The fourth-order valence-electron chi connectivity index (χ4n) is 4.44. The number of amides is 2. The van der Waals surface area contributed by atoms with Gasteiger partial charge in [-0.05, 0) is 54.5 Å². The summed E-state index contributed by atoms with van der Waals surface area (Å²) in [6.45, 7) is 0.637. The van der Waals surface area contributed by atoms with Crippen molar-refractivity contribution in [1.82, 2.24) is 10.2 Å². The van der Waals surface area contributed by atoms with Crippen LogP contribution in [-0.4, -0.2) is 42.6 Å². The molecule has 2 aromatic rings. The monoisotopic (exact) mass is 410 g/mol. The maximum Gasteiger partial charge on any atom is 0.407 e. The van der Waals surface area contributed by atoms with Crippen molar-refractivity contribution in [3.8, 4) is 11.1 Å². The summed E-state index contributed by atoms with van der Waals surface area (Å²) in [6, 6.07) is 14.2. The van der Waals surface area contributed by atoms with E-state index in [0.29, 0.717) is 19.4 Å². The van der Waals surface area contributed by atoms with Crippen molar-refractivity contribution in [3.63, 3.8) is 0 Å². The van der Waals surface area contributed by atoms with Crippen LogP contribution < -0.4 is 5.32 Å². The number of carbonyl (C=O) groups excluding carboxylic acids is 2. The summed E-state index contributed by atoms with van der Waals surface area (Å²) >= 11 is 0. The minimum absolute atomic E-state index is 0.114. The van der Waals surface area contributed by atoms with Crippen LogP contribution in [-0.2, 0) is 16.0 Å². The number of benzene rings is 2. The van der Waals surface area contributed by atoms with E-state index in [4.69, 9.17) is 4.74 Å². The van der Waals surface area contributed by atoms with Gasteiger partial charge in [0.15, 0.2) is 0 Å². The minimum Gasteiger partial charge on any atom is -0.453 e. The number of carbonyl (C=O) groups is 2. The quantitative estimate of drug-likeness (QED) is 0.805. The maximum absolute atomic E-state index is 13.6. The van der Waals surface area contributed by atoms with E-state index in [-0.39, 0.29) is 29.7 Å². The lowest BCUT2D eigenvalue weighted by Gasteiger charge is -2.34. The number of alkyl carbamates (subject to hydrolysis) is 1. The molecule has 1 aliphatic heterocycles. The highest BCUT2D eigenvalue weighted by molar-refractivity contribution is 5.80. The molecule has 1 saturated carbocycles. The smallest absolute Gasteiger partial charge is 0.407 e. The third-order valence-corrected chi connectivity index (χ3v) is 6.30. The van der Waals surface area contributed by atoms with Crippen molar-refractivity contribution < 1.29 is 18.7 Å².